The minimum Gasteiger partial charge on any atom is -1.00 e. The van der Waals surface area contributed by atoms with E-state index in [-0.39, 0.29) is 101 Å². The van der Waals surface area contributed by atoms with Crippen molar-refractivity contribution in [2.24, 2.45) is 0 Å². The molecule has 4 heavy (non-hydrogen) atoms. The molecule has 0 fully saturated rings. The fraction of sp³-hybridized carbons (Fsp3) is 0. The monoisotopic (exact) mass is 409 g/mol. The summed E-state index contributed by atoms with van der Waals surface area (Å²) in [5.41, 5.74) is 0. The van der Waals surface area contributed by atoms with Gasteiger partial charge in [0, 0.05) is 39.6 Å². The van der Waals surface area contributed by atoms with Gasteiger partial charge in [0.25, 0.3) is 0 Å². The molecule has 0 aliphatic carbocycles. The normalized spacial score (nSPS) is 0. The van der Waals surface area contributed by atoms with E-state index in [1.807, 2.05) is 0 Å². The van der Waals surface area contributed by atoms with E-state index in [2.05, 4.69) is 0 Å². The summed E-state index contributed by atoms with van der Waals surface area (Å²) < 4.78 is 0. The summed E-state index contributed by atoms with van der Waals surface area (Å²) in [6, 6.07) is 0. The van der Waals surface area contributed by atoms with Crippen molar-refractivity contribution in [3.63, 3.8) is 0 Å². The molecule has 23 valence electrons. The van der Waals surface area contributed by atoms with Crippen LogP contribution in [0.4, 0.5) is 0 Å². The fourth-order valence-corrected chi connectivity index (χ4v) is 0. The molecule has 0 nitrogen and oxygen atoms in total. The van der Waals surface area contributed by atoms with Crippen molar-refractivity contribution >= 4 is 58.8 Å². The van der Waals surface area contributed by atoms with E-state index in [0.717, 1.165) is 0 Å². The van der Waals surface area contributed by atoms with Crippen molar-refractivity contribution in [1.29, 1.82) is 0 Å². The number of hydrogen-bond donors (Lipinski definition) is 0. The van der Waals surface area contributed by atoms with E-state index in [1.165, 1.54) is 0 Å². The van der Waals surface area contributed by atoms with Gasteiger partial charge in [-0.1, -0.05) is 0 Å². The smallest absolute Gasteiger partial charge is 1.00 e. The Hall–Kier alpha value is 3.27. The molecule has 1 radical (unpaired) electrons. The number of hydrogen-bond acceptors (Lipinski definition) is 0. The molecule has 0 aliphatic heterocycles. The second kappa shape index (κ2) is 16.3. The first-order valence-electron chi connectivity index (χ1n) is 0. The minimum atomic E-state index is 0. The van der Waals surface area contributed by atoms with Crippen molar-refractivity contribution < 1.29 is 42.5 Å². The van der Waals surface area contributed by atoms with Crippen LogP contribution in [0.5, 0.6) is 0 Å². The third-order valence-electron chi connectivity index (χ3n) is 0. The Balaban J connectivity index is 0. The van der Waals surface area contributed by atoms with Gasteiger partial charge in [-0.2, -0.15) is 9.90 Å². The van der Waals surface area contributed by atoms with Crippen LogP contribution in [0.2, 0.25) is 0 Å². The summed E-state index contributed by atoms with van der Waals surface area (Å²) in [6.07, 6.45) is 0. The summed E-state index contributed by atoms with van der Waals surface area (Å²) >= 11 is 0. The second-order valence-electron chi connectivity index (χ2n) is 0. The zero-order valence-electron chi connectivity index (χ0n) is 4.27. The molecule has 0 rings (SSSR count). The molecule has 0 aromatic carbocycles. The van der Waals surface area contributed by atoms with Gasteiger partial charge in [-0.3, -0.25) is 0 Å². The van der Waals surface area contributed by atoms with Gasteiger partial charge in [0.1, 0.15) is 0 Å². The van der Waals surface area contributed by atoms with Gasteiger partial charge >= 0.3 is 48.9 Å². The summed E-state index contributed by atoms with van der Waals surface area (Å²) in [7, 11) is 0. The van der Waals surface area contributed by atoms with E-state index < -0.39 is 0 Å². The van der Waals surface area contributed by atoms with Crippen molar-refractivity contribution in [1.82, 2.24) is 0 Å². The van der Waals surface area contributed by atoms with Crippen molar-refractivity contribution in [3.8, 4) is 0 Å². The second-order valence-corrected chi connectivity index (χ2v) is 0. The third-order valence-corrected chi connectivity index (χ3v) is 0. The molecular weight excluding hydrogens is 403 g/mol. The van der Waals surface area contributed by atoms with Crippen molar-refractivity contribution in [2.75, 3.05) is 0 Å². The standard InChI is InChI=1S/Ba.H3P.V.W.2H/h;1H3;;;;/q+2;;;;2*-1. The first kappa shape index (κ1) is 26.7. The first-order valence-corrected chi connectivity index (χ1v) is 0. The quantitative estimate of drug-likeness (QED) is 0.388. The molecule has 0 aliphatic rings. The number of rotatable bonds is 0. The summed E-state index contributed by atoms with van der Waals surface area (Å²) in [5.74, 6) is 0. The molecule has 0 spiro atoms. The average Bonchev–Trinajstić information content (AvgIpc) is 0. The Labute approximate surface area is 99.1 Å². The SMILES string of the molecule is P.[Ba+2].[H-].[H-].[V].[W]. The summed E-state index contributed by atoms with van der Waals surface area (Å²) in [5, 5.41) is 0. The van der Waals surface area contributed by atoms with Crippen LogP contribution >= 0.6 is 9.90 Å². The first-order chi connectivity index (χ1) is 0. The summed E-state index contributed by atoms with van der Waals surface area (Å²) in [4.78, 5) is 0. The Bertz CT molecular complexity index is 13.5. The molecule has 1 atom stereocenters. The maximum absolute atomic E-state index is 0. The van der Waals surface area contributed by atoms with Gasteiger partial charge < -0.3 is 2.85 Å². The molecule has 0 aromatic rings. The van der Waals surface area contributed by atoms with Gasteiger partial charge in [-0.25, -0.2) is 0 Å². The molecular formula is H5BaPVW. The van der Waals surface area contributed by atoms with Crippen LogP contribution in [0.15, 0.2) is 0 Å². The van der Waals surface area contributed by atoms with Crippen LogP contribution < -0.4 is 0 Å². The zero-order valence-corrected chi connectivity index (χ0v) is 12.5. The molecule has 0 saturated carbocycles. The molecule has 0 N–H and O–H groups in total. The molecule has 0 amide bonds. The van der Waals surface area contributed by atoms with Crippen molar-refractivity contribution in [2.45, 2.75) is 0 Å². The molecule has 0 aromatic heterocycles. The largest absolute Gasteiger partial charge is 2.00 e. The van der Waals surface area contributed by atoms with Gasteiger partial charge in [0.15, 0.2) is 0 Å². The Morgan fingerprint density at radius 3 is 1.25 bits per heavy atom. The average molecular weight is 408 g/mol. The maximum atomic E-state index is 0. The predicted octanol–water partition coefficient (Wildman–Crippen LogP) is -0.103. The Morgan fingerprint density at radius 1 is 1.25 bits per heavy atom. The molecule has 0 saturated heterocycles. The van der Waals surface area contributed by atoms with E-state index in [1.54, 1.807) is 0 Å². The molecule has 0 bridgehead atoms. The topological polar surface area (TPSA) is 0 Å². The van der Waals surface area contributed by atoms with Gasteiger partial charge in [0.2, 0.25) is 0 Å². The van der Waals surface area contributed by atoms with Crippen LogP contribution in [0, 0.1) is 0 Å². The molecule has 4 heteroatoms. The van der Waals surface area contributed by atoms with E-state index in [0.29, 0.717) is 0 Å². The van der Waals surface area contributed by atoms with Crippen LogP contribution in [0.1, 0.15) is 2.85 Å². The van der Waals surface area contributed by atoms with E-state index >= 15 is 0 Å². The zero-order chi connectivity index (χ0) is 0. The van der Waals surface area contributed by atoms with Gasteiger partial charge in [-0.15, -0.1) is 0 Å². The Kier molecular flexibility index (Phi) is 109. The predicted molar refractivity (Wildman–Crippen MR) is 19.1 cm³/mol. The molecule has 1 unspecified atom stereocenters. The maximum Gasteiger partial charge on any atom is 2.00 e. The van der Waals surface area contributed by atoms with Crippen molar-refractivity contribution in [3.05, 3.63) is 0 Å². The van der Waals surface area contributed by atoms with E-state index in [4.69, 9.17) is 0 Å². The van der Waals surface area contributed by atoms with Gasteiger partial charge in [0.05, 0.1) is 0 Å². The van der Waals surface area contributed by atoms with Crippen LogP contribution in [-0.2, 0) is 39.6 Å². The molecule has 0 heterocycles. The summed E-state index contributed by atoms with van der Waals surface area (Å²) in [6.45, 7) is 0. The van der Waals surface area contributed by atoms with Gasteiger partial charge in [-0.05, 0) is 0 Å². The van der Waals surface area contributed by atoms with E-state index in [9.17, 15) is 0 Å². The Morgan fingerprint density at radius 2 is 1.25 bits per heavy atom. The van der Waals surface area contributed by atoms with Crippen LogP contribution in [0.25, 0.3) is 0 Å². The third kappa shape index (κ3) is 8.99. The minimum absolute atomic E-state index is 0. The van der Waals surface area contributed by atoms with Crippen LogP contribution in [0.3, 0.4) is 0 Å². The fourth-order valence-electron chi connectivity index (χ4n) is 0. The van der Waals surface area contributed by atoms with Crippen LogP contribution in [-0.4, -0.2) is 48.9 Å².